The minimum absolute atomic E-state index is 0.0514. The van der Waals surface area contributed by atoms with Crippen molar-refractivity contribution in [3.63, 3.8) is 0 Å². The van der Waals surface area contributed by atoms with Crippen molar-refractivity contribution >= 4 is 17.4 Å². The van der Waals surface area contributed by atoms with Gasteiger partial charge in [-0.15, -0.1) is 0 Å². The third kappa shape index (κ3) is 4.16. The van der Waals surface area contributed by atoms with Gasteiger partial charge in [-0.1, -0.05) is 35.9 Å². The van der Waals surface area contributed by atoms with Gasteiger partial charge in [-0.25, -0.2) is 0 Å². The molecular formula is C20H22ClNO2. The van der Waals surface area contributed by atoms with Crippen LogP contribution < -0.4 is 4.74 Å². The molecule has 3 nitrogen and oxygen atoms in total. The number of halogens is 1. The molecule has 0 aliphatic carbocycles. The van der Waals surface area contributed by atoms with Crippen molar-refractivity contribution in [3.8, 4) is 5.75 Å². The molecule has 2 aromatic carbocycles. The highest BCUT2D eigenvalue weighted by Gasteiger charge is 2.26. The molecule has 0 radical (unpaired) electrons. The van der Waals surface area contributed by atoms with Gasteiger partial charge in [0.2, 0.25) is 0 Å². The Morgan fingerprint density at radius 1 is 1.25 bits per heavy atom. The van der Waals surface area contributed by atoms with Gasteiger partial charge in [-0.2, -0.15) is 0 Å². The van der Waals surface area contributed by atoms with Crippen LogP contribution in [0.5, 0.6) is 5.75 Å². The summed E-state index contributed by atoms with van der Waals surface area (Å²) in [6.45, 7) is 2.70. The summed E-state index contributed by atoms with van der Waals surface area (Å²) in [5.74, 6) is 1.12. The molecule has 4 heteroatoms. The molecular weight excluding hydrogens is 322 g/mol. The Labute approximate surface area is 148 Å². The first-order chi connectivity index (χ1) is 11.7. The van der Waals surface area contributed by atoms with Gasteiger partial charge in [0.05, 0.1) is 7.11 Å². The second-order valence-electron chi connectivity index (χ2n) is 6.30. The van der Waals surface area contributed by atoms with Crippen LogP contribution in [-0.2, 0) is 6.54 Å². The van der Waals surface area contributed by atoms with E-state index in [0.29, 0.717) is 5.02 Å². The summed E-state index contributed by atoms with van der Waals surface area (Å²) in [5.41, 5.74) is 1.96. The maximum atomic E-state index is 12.7. The molecule has 1 saturated heterocycles. The summed E-state index contributed by atoms with van der Waals surface area (Å²) in [4.78, 5) is 15.1. The topological polar surface area (TPSA) is 29.5 Å². The van der Waals surface area contributed by atoms with Crippen molar-refractivity contribution in [1.29, 1.82) is 0 Å². The number of nitrogens with zero attached hydrogens (tertiary/aromatic N) is 1. The van der Waals surface area contributed by atoms with Gasteiger partial charge in [0.25, 0.3) is 0 Å². The zero-order valence-electron chi connectivity index (χ0n) is 13.9. The lowest BCUT2D eigenvalue weighted by atomic mass is 9.90. The number of benzene rings is 2. The largest absolute Gasteiger partial charge is 0.497 e. The average Bonchev–Trinajstić information content (AvgIpc) is 2.62. The predicted molar refractivity (Wildman–Crippen MR) is 96.8 cm³/mol. The number of Topliss-reactive ketones (excluding diaryl/α,β-unsaturated/α-hetero) is 1. The molecule has 2 aromatic rings. The second-order valence-corrected chi connectivity index (χ2v) is 6.73. The summed E-state index contributed by atoms with van der Waals surface area (Å²) in [6.07, 6.45) is 2.00. The highest BCUT2D eigenvalue weighted by Crippen LogP contribution is 2.24. The van der Waals surface area contributed by atoms with Gasteiger partial charge >= 0.3 is 0 Å². The van der Waals surface area contributed by atoms with Crippen LogP contribution in [0, 0.1) is 5.92 Å². The molecule has 0 amide bonds. The molecule has 0 bridgehead atoms. The number of methoxy groups -OCH3 is 1. The van der Waals surface area contributed by atoms with Crippen LogP contribution in [0.3, 0.4) is 0 Å². The fraction of sp³-hybridized carbons (Fsp3) is 0.350. The molecule has 1 heterocycles. The zero-order valence-corrected chi connectivity index (χ0v) is 14.6. The van der Waals surface area contributed by atoms with Gasteiger partial charge in [0.15, 0.2) is 5.78 Å². The first-order valence-corrected chi connectivity index (χ1v) is 8.68. The molecule has 1 fully saturated rings. The number of piperidine rings is 1. The molecule has 1 aliphatic heterocycles. The number of ketones is 1. The standard InChI is InChI=1S/C20H22ClNO2/c1-24-19-9-7-15(8-10-19)13-22-11-3-5-17(14-22)20(23)16-4-2-6-18(21)12-16/h2,4,6-10,12,17H,3,5,11,13-14H2,1H3/t17-/m1/s1. The molecule has 126 valence electrons. The summed E-state index contributed by atoms with van der Waals surface area (Å²) in [5, 5.41) is 0.617. The van der Waals surface area contributed by atoms with Crippen molar-refractivity contribution < 1.29 is 9.53 Å². The Morgan fingerprint density at radius 2 is 2.04 bits per heavy atom. The van der Waals surface area contributed by atoms with E-state index in [-0.39, 0.29) is 11.7 Å². The zero-order chi connectivity index (χ0) is 16.9. The molecule has 0 aromatic heterocycles. The Balaban J connectivity index is 1.64. The third-order valence-electron chi connectivity index (χ3n) is 4.55. The lowest BCUT2D eigenvalue weighted by molar-refractivity contribution is 0.0811. The maximum Gasteiger partial charge on any atom is 0.167 e. The predicted octanol–water partition coefficient (Wildman–Crippen LogP) is 4.44. The summed E-state index contributed by atoms with van der Waals surface area (Å²) < 4.78 is 5.20. The van der Waals surface area contributed by atoms with Crippen molar-refractivity contribution in [3.05, 3.63) is 64.7 Å². The first kappa shape index (κ1) is 17.0. The van der Waals surface area contributed by atoms with Crippen LogP contribution in [0.15, 0.2) is 48.5 Å². The van der Waals surface area contributed by atoms with E-state index in [4.69, 9.17) is 16.3 Å². The molecule has 1 aliphatic rings. The van der Waals surface area contributed by atoms with E-state index in [2.05, 4.69) is 17.0 Å². The van der Waals surface area contributed by atoms with E-state index in [1.165, 1.54) is 5.56 Å². The van der Waals surface area contributed by atoms with Gasteiger partial charge in [-0.05, 0) is 49.2 Å². The van der Waals surface area contributed by atoms with Crippen molar-refractivity contribution in [2.45, 2.75) is 19.4 Å². The van der Waals surface area contributed by atoms with Crippen LogP contribution >= 0.6 is 11.6 Å². The highest BCUT2D eigenvalue weighted by atomic mass is 35.5. The van der Waals surface area contributed by atoms with Crippen LogP contribution in [0.2, 0.25) is 5.02 Å². The minimum Gasteiger partial charge on any atom is -0.497 e. The molecule has 3 rings (SSSR count). The molecule has 0 saturated carbocycles. The maximum absolute atomic E-state index is 12.7. The van der Waals surface area contributed by atoms with Gasteiger partial charge < -0.3 is 4.74 Å². The lowest BCUT2D eigenvalue weighted by Crippen LogP contribution is -2.38. The Morgan fingerprint density at radius 3 is 2.75 bits per heavy atom. The number of carbonyl (C=O) groups excluding carboxylic acids is 1. The second kappa shape index (κ2) is 7.82. The van der Waals surface area contributed by atoms with E-state index in [0.717, 1.165) is 43.8 Å². The quantitative estimate of drug-likeness (QED) is 0.751. The van der Waals surface area contributed by atoms with Gasteiger partial charge in [0.1, 0.15) is 5.75 Å². The monoisotopic (exact) mass is 343 g/mol. The number of hydrogen-bond donors (Lipinski definition) is 0. The summed E-state index contributed by atoms with van der Waals surface area (Å²) in [7, 11) is 1.67. The van der Waals surface area contributed by atoms with E-state index < -0.39 is 0 Å². The highest BCUT2D eigenvalue weighted by molar-refractivity contribution is 6.31. The van der Waals surface area contributed by atoms with Crippen molar-refractivity contribution in [2.75, 3.05) is 20.2 Å². The van der Waals surface area contributed by atoms with Crippen LogP contribution in [-0.4, -0.2) is 30.9 Å². The normalized spacial score (nSPS) is 18.3. The SMILES string of the molecule is COc1ccc(CN2CCC[C@@H](C(=O)c3cccc(Cl)c3)C2)cc1. The fourth-order valence-electron chi connectivity index (χ4n) is 3.28. The van der Waals surface area contributed by atoms with Crippen molar-refractivity contribution in [1.82, 2.24) is 4.90 Å². The number of rotatable bonds is 5. The summed E-state index contributed by atoms with van der Waals surface area (Å²) >= 11 is 6.02. The first-order valence-electron chi connectivity index (χ1n) is 8.31. The van der Waals surface area contributed by atoms with E-state index in [1.54, 1.807) is 19.2 Å². The van der Waals surface area contributed by atoms with Crippen LogP contribution in [0.25, 0.3) is 0 Å². The lowest BCUT2D eigenvalue weighted by Gasteiger charge is -2.32. The van der Waals surface area contributed by atoms with Crippen molar-refractivity contribution in [2.24, 2.45) is 5.92 Å². The molecule has 0 unspecified atom stereocenters. The van der Waals surface area contributed by atoms with E-state index in [1.807, 2.05) is 24.3 Å². The molecule has 0 N–H and O–H groups in total. The average molecular weight is 344 g/mol. The molecule has 24 heavy (non-hydrogen) atoms. The molecule has 1 atom stereocenters. The number of likely N-dealkylation sites (tertiary alicyclic amines) is 1. The van der Waals surface area contributed by atoms with E-state index in [9.17, 15) is 4.79 Å². The van der Waals surface area contributed by atoms with Gasteiger partial charge in [0, 0.05) is 29.6 Å². The number of ether oxygens (including phenoxy) is 1. The number of hydrogen-bond acceptors (Lipinski definition) is 3. The number of carbonyl (C=O) groups is 1. The van der Waals surface area contributed by atoms with Gasteiger partial charge in [-0.3, -0.25) is 9.69 Å². The Kier molecular flexibility index (Phi) is 5.54. The molecule has 0 spiro atoms. The fourth-order valence-corrected chi connectivity index (χ4v) is 3.47. The minimum atomic E-state index is 0.0514. The Hall–Kier alpha value is -1.84. The third-order valence-corrected chi connectivity index (χ3v) is 4.79. The van der Waals surface area contributed by atoms with E-state index >= 15 is 0 Å². The smallest absolute Gasteiger partial charge is 0.167 e. The summed E-state index contributed by atoms with van der Waals surface area (Å²) in [6, 6.07) is 15.4. The Bertz CT molecular complexity index is 699. The van der Waals surface area contributed by atoms with Crippen LogP contribution in [0.4, 0.5) is 0 Å². The van der Waals surface area contributed by atoms with Crippen LogP contribution in [0.1, 0.15) is 28.8 Å².